The van der Waals surface area contributed by atoms with Gasteiger partial charge in [0, 0.05) is 58.7 Å². The molecular weight excluding hydrogens is 1340 g/mol. The van der Waals surface area contributed by atoms with Crippen molar-refractivity contribution in [3.8, 4) is 0 Å². The molecule has 3 atom stereocenters. The number of nitrogens with two attached hydrogens (primary N) is 6. The molecule has 0 aromatic carbocycles. The Kier molecular flexibility index (Phi) is 32.4. The molecule has 0 spiro atoms. The van der Waals surface area contributed by atoms with Crippen LogP contribution in [0.25, 0.3) is 0 Å². The van der Waals surface area contributed by atoms with Gasteiger partial charge in [-0.05, 0) is 83.7 Å². The number of unbranched alkanes of at least 4 members (excludes halogenated alkanes) is 5. The van der Waals surface area contributed by atoms with Crippen molar-refractivity contribution in [1.82, 2.24) is 80.6 Å². The molecule has 0 saturated carbocycles. The number of rotatable bonds is 46. The Labute approximate surface area is 594 Å². The topological polar surface area (TPSA) is 580 Å². The zero-order chi connectivity index (χ0) is 75.1. The minimum absolute atomic E-state index is 0.000163. The highest BCUT2D eigenvalue weighted by molar-refractivity contribution is 6.15. The van der Waals surface area contributed by atoms with Gasteiger partial charge in [-0.2, -0.15) is 0 Å². The van der Waals surface area contributed by atoms with E-state index in [0.29, 0.717) is 64.5 Å². The highest BCUT2D eigenvalue weighted by Crippen LogP contribution is 2.27. The van der Waals surface area contributed by atoms with Gasteiger partial charge in [-0.1, -0.05) is 26.7 Å². The molecule has 103 heavy (non-hydrogen) atoms. The van der Waals surface area contributed by atoms with Gasteiger partial charge in [-0.15, -0.1) is 0 Å². The molecule has 3 aliphatic rings. The van der Waals surface area contributed by atoms with E-state index in [2.05, 4.69) is 67.1 Å². The Bertz CT molecular complexity index is 3670. The summed E-state index contributed by atoms with van der Waals surface area (Å²) < 4.78 is 3.76. The number of primary amides is 1. The third-order valence-corrected chi connectivity index (χ3v) is 16.7. The summed E-state index contributed by atoms with van der Waals surface area (Å²) in [7, 11) is 0. The molecule has 3 aromatic rings. The van der Waals surface area contributed by atoms with Crippen LogP contribution in [0.1, 0.15) is 161 Å². The first kappa shape index (κ1) is 81.1. The van der Waals surface area contributed by atoms with Gasteiger partial charge in [0.2, 0.25) is 65.0 Å². The lowest BCUT2D eigenvalue weighted by atomic mass is 10.0. The number of Topliss-reactive ketones (excluding diaryl/α,β-unsaturated/α-hetero) is 3. The maximum absolute atomic E-state index is 14.4. The number of aromatic nitrogens is 6. The summed E-state index contributed by atoms with van der Waals surface area (Å²) in [5, 5.41) is 19.0. The van der Waals surface area contributed by atoms with Crippen molar-refractivity contribution < 1.29 is 67.1 Å². The highest BCUT2D eigenvalue weighted by atomic mass is 16.2. The number of ketones is 3. The van der Waals surface area contributed by atoms with E-state index in [1.165, 1.54) is 32.7 Å². The molecule has 3 aromatic heterocycles. The molecule has 0 radical (unpaired) electrons. The average molecular weight is 1440 g/mol. The molecule has 3 aliphatic heterocycles. The lowest BCUT2D eigenvalue weighted by Crippen LogP contribution is -2.54. The van der Waals surface area contributed by atoms with Crippen LogP contribution in [0.3, 0.4) is 0 Å². The molecular formula is C64H97N25O14. The molecule has 562 valence electrons. The summed E-state index contributed by atoms with van der Waals surface area (Å²) in [6, 6.07) is -3.29. The molecule has 39 heteroatoms. The van der Waals surface area contributed by atoms with E-state index >= 15 is 0 Å². The molecule has 0 saturated heterocycles. The molecule has 0 fully saturated rings. The minimum Gasteiger partial charge on any atom is -0.387 e. The van der Waals surface area contributed by atoms with E-state index in [1.54, 1.807) is 0 Å². The minimum atomic E-state index is -1.15. The smallest absolute Gasteiger partial charge is 0.243 e. The second-order valence-corrected chi connectivity index (χ2v) is 25.0. The standard InChI is InChI=1S/C64H97N25O14/c1-3-5-16-48(93)71-20-12-9-15-41(79-49(94)17-6-4-2)64(103)80-40(14-8-11-19-66)63(102)74-23-26-85(54(99)34-88-37-76-57-43(91)28-46(68)82-61(57)88)31-51(96)72-21-24-84(53(98)33-87-36-75-56-42(90)27-45(67)81-60(56)87)30-50(95)73-22-25-86(32-52(97)78-39(59(70)101)13-7-10-18-65)55(100)35-89-38-77-58-44(92)29-47(69)83-62(58)89/h36-41H,3-35,65-66H2,1-2H3,(H2,67,81)(H2,68,82)(H2,69,83)(H2,70,101)(H,71,93)(H,72,96)(H,73,95)(H,74,102)(H,78,97)(H,79,94)(H,80,103). The molecule has 6 heterocycles. The van der Waals surface area contributed by atoms with Crippen molar-refractivity contribution in [2.75, 3.05) is 78.5 Å². The number of amidine groups is 3. The summed E-state index contributed by atoms with van der Waals surface area (Å²) in [4.78, 5) is 217. The van der Waals surface area contributed by atoms with Gasteiger partial charge in [0.05, 0.1) is 57.9 Å². The fourth-order valence-corrected chi connectivity index (χ4v) is 11.1. The molecule has 19 N–H and O–H groups in total. The van der Waals surface area contributed by atoms with Crippen LogP contribution in [0.2, 0.25) is 0 Å². The Morgan fingerprint density at radius 1 is 0.437 bits per heavy atom. The number of carbonyl (C=O) groups is 14. The Balaban J connectivity index is 1.17. The fourth-order valence-electron chi connectivity index (χ4n) is 11.1. The lowest BCUT2D eigenvalue weighted by molar-refractivity contribution is -0.138. The van der Waals surface area contributed by atoms with Crippen LogP contribution in [-0.2, 0) is 72.4 Å². The van der Waals surface area contributed by atoms with Crippen LogP contribution in [0.15, 0.2) is 34.0 Å². The third kappa shape index (κ3) is 25.6. The number of hydrogen-bond donors (Lipinski definition) is 13. The number of hydrogen-bond acceptors (Lipinski definition) is 25. The van der Waals surface area contributed by atoms with E-state index in [-0.39, 0.29) is 155 Å². The van der Waals surface area contributed by atoms with E-state index < -0.39 is 128 Å². The SMILES string of the molecule is CCCCC(=O)NCCCCC(NC(=O)CCCC)C(=O)NC(CCCCN)C(=O)NCCN(CC(=O)NCCN(CC(=O)NCCN(CC(=O)NC(CCCCN)C(N)=O)C(=O)Cn1cnc2c1N=C(N)CC2=O)C(=O)Cn1cnc2c1N=C(N)CC2=O)C(=O)Cn1cnc2c1N=C(N)CC2=O. The van der Waals surface area contributed by atoms with Crippen LogP contribution in [0, 0.1) is 0 Å². The van der Waals surface area contributed by atoms with Crippen LogP contribution in [-0.4, -0.2) is 240 Å². The van der Waals surface area contributed by atoms with Crippen molar-refractivity contribution in [3.63, 3.8) is 0 Å². The van der Waals surface area contributed by atoms with Crippen molar-refractivity contribution >= 4 is 117 Å². The van der Waals surface area contributed by atoms with Gasteiger partial charge in [-0.3, -0.25) is 67.1 Å². The quantitative estimate of drug-likeness (QED) is 0.0241. The number of fused-ring (bicyclic) bond motifs is 3. The van der Waals surface area contributed by atoms with E-state index in [0.717, 1.165) is 34.0 Å². The zero-order valence-corrected chi connectivity index (χ0v) is 58.3. The second kappa shape index (κ2) is 41.2. The van der Waals surface area contributed by atoms with Crippen LogP contribution < -0.4 is 71.6 Å². The first-order chi connectivity index (χ1) is 49.3. The van der Waals surface area contributed by atoms with E-state index in [4.69, 9.17) is 34.4 Å². The monoisotopic (exact) mass is 1440 g/mol. The van der Waals surface area contributed by atoms with Gasteiger partial charge in [-0.25, -0.2) is 29.9 Å². The summed E-state index contributed by atoms with van der Waals surface area (Å²) in [5.41, 5.74) is 34.7. The summed E-state index contributed by atoms with van der Waals surface area (Å²) in [6.07, 6.45) is 9.84. The number of nitrogens with zero attached hydrogens (tertiary/aromatic N) is 12. The Morgan fingerprint density at radius 3 is 1.20 bits per heavy atom. The van der Waals surface area contributed by atoms with Crippen molar-refractivity contribution in [2.24, 2.45) is 49.4 Å². The predicted molar refractivity (Wildman–Crippen MR) is 373 cm³/mol. The van der Waals surface area contributed by atoms with E-state index in [1.807, 2.05) is 13.8 Å². The maximum atomic E-state index is 14.4. The first-order valence-electron chi connectivity index (χ1n) is 34.6. The normalized spacial score (nSPS) is 13.8. The van der Waals surface area contributed by atoms with E-state index in [9.17, 15) is 67.1 Å². The molecule has 39 nitrogen and oxygen atoms in total. The van der Waals surface area contributed by atoms with Crippen LogP contribution in [0.4, 0.5) is 17.5 Å². The molecule has 0 aliphatic carbocycles. The maximum Gasteiger partial charge on any atom is 0.243 e. The number of aliphatic imine (C=N–C) groups is 3. The van der Waals surface area contributed by atoms with Crippen molar-refractivity contribution in [3.05, 3.63) is 36.1 Å². The second-order valence-electron chi connectivity index (χ2n) is 25.0. The van der Waals surface area contributed by atoms with Gasteiger partial charge in [0.1, 0.15) is 55.3 Å². The highest BCUT2D eigenvalue weighted by Gasteiger charge is 2.32. The number of amides is 11. The number of carbonyl (C=O) groups excluding carboxylic acids is 14. The molecule has 0 bridgehead atoms. The summed E-state index contributed by atoms with van der Waals surface area (Å²) >= 11 is 0. The number of nitrogens with one attached hydrogen (secondary N) is 7. The molecule has 11 amide bonds. The van der Waals surface area contributed by atoms with Gasteiger partial charge in [0.25, 0.3) is 0 Å². The zero-order valence-electron chi connectivity index (χ0n) is 58.3. The molecule has 6 rings (SSSR count). The van der Waals surface area contributed by atoms with Crippen molar-refractivity contribution in [1.29, 1.82) is 0 Å². The van der Waals surface area contributed by atoms with Gasteiger partial charge < -0.3 is 100 Å². The predicted octanol–water partition coefficient (Wildman–Crippen LogP) is -3.90. The van der Waals surface area contributed by atoms with Gasteiger partial charge in [0.15, 0.2) is 51.9 Å². The average Bonchev–Trinajstić information content (AvgIpc) is 1.67. The van der Waals surface area contributed by atoms with Crippen molar-refractivity contribution in [2.45, 2.75) is 167 Å². The number of imidazole rings is 3. The Hall–Kier alpha value is -10.9. The molecule has 3 unspecified atom stereocenters. The Morgan fingerprint density at radius 2 is 0.796 bits per heavy atom. The van der Waals surface area contributed by atoms with Crippen LogP contribution >= 0.6 is 0 Å². The van der Waals surface area contributed by atoms with Gasteiger partial charge >= 0.3 is 0 Å². The summed E-state index contributed by atoms with van der Waals surface area (Å²) in [5.74, 6) is -8.55. The third-order valence-electron chi connectivity index (χ3n) is 16.7. The van der Waals surface area contributed by atoms with Crippen LogP contribution in [0.5, 0.6) is 0 Å². The first-order valence-corrected chi connectivity index (χ1v) is 34.6. The lowest BCUT2D eigenvalue weighted by Gasteiger charge is -2.26. The summed E-state index contributed by atoms with van der Waals surface area (Å²) in [6.45, 7) is -0.746. The largest absolute Gasteiger partial charge is 0.387 e. The fraction of sp³-hybridized carbons (Fsp3) is 0.594.